The molecule has 1 N–H and O–H groups in total. The van der Waals surface area contributed by atoms with Crippen LogP contribution in [0.15, 0.2) is 12.7 Å². The molecule has 0 radical (unpaired) electrons. The van der Waals surface area contributed by atoms with E-state index in [2.05, 4.69) is 23.7 Å². The van der Waals surface area contributed by atoms with Crippen molar-refractivity contribution in [2.75, 3.05) is 37.9 Å². The predicted octanol–water partition coefficient (Wildman–Crippen LogP) is 2.61. The zero-order valence-electron chi connectivity index (χ0n) is 11.9. The molecule has 2 saturated heterocycles. The molecule has 0 aromatic heterocycles. The lowest BCUT2D eigenvalue weighted by molar-refractivity contribution is -0.0935. The number of rotatable bonds is 7. The Kier molecular flexibility index (Phi) is 6.71. The van der Waals surface area contributed by atoms with Gasteiger partial charge < -0.3 is 14.8 Å². The molecule has 1 spiro atoms. The van der Waals surface area contributed by atoms with Crippen LogP contribution >= 0.6 is 11.8 Å². The van der Waals surface area contributed by atoms with Crippen LogP contribution in [-0.4, -0.2) is 49.5 Å². The fraction of sp³-hybridized carbons (Fsp3) is 0.867. The molecule has 0 aromatic rings. The van der Waals surface area contributed by atoms with E-state index in [0.717, 1.165) is 39.2 Å². The van der Waals surface area contributed by atoms with Crippen molar-refractivity contribution in [1.82, 2.24) is 5.32 Å². The van der Waals surface area contributed by atoms with Gasteiger partial charge in [0.1, 0.15) is 0 Å². The van der Waals surface area contributed by atoms with Crippen molar-refractivity contribution in [3.05, 3.63) is 12.7 Å². The van der Waals surface area contributed by atoms with Gasteiger partial charge in [0.25, 0.3) is 0 Å². The molecule has 2 aliphatic rings. The summed E-state index contributed by atoms with van der Waals surface area (Å²) in [6.07, 6.45) is 7.62. The molecule has 2 rings (SSSR count). The summed E-state index contributed by atoms with van der Waals surface area (Å²) in [6.45, 7) is 7.15. The summed E-state index contributed by atoms with van der Waals surface area (Å²) in [4.78, 5) is 0. The SMILES string of the molecule is C=CCCOCCNC1CCOC2(CCSCC2)C1. The number of hydrogen-bond donors (Lipinski definition) is 1. The highest BCUT2D eigenvalue weighted by molar-refractivity contribution is 7.99. The smallest absolute Gasteiger partial charge is 0.0713 e. The molecule has 0 aliphatic carbocycles. The minimum absolute atomic E-state index is 0.185. The van der Waals surface area contributed by atoms with E-state index < -0.39 is 0 Å². The molecule has 0 bridgehead atoms. The second-order valence-electron chi connectivity index (χ2n) is 5.48. The van der Waals surface area contributed by atoms with Crippen LogP contribution in [0.1, 0.15) is 32.1 Å². The second kappa shape index (κ2) is 8.30. The quantitative estimate of drug-likeness (QED) is 0.575. The van der Waals surface area contributed by atoms with Crippen molar-refractivity contribution in [1.29, 1.82) is 0 Å². The third kappa shape index (κ3) is 5.10. The number of nitrogens with one attached hydrogen (secondary N) is 1. The fourth-order valence-corrected chi connectivity index (χ4v) is 4.13. The Morgan fingerprint density at radius 2 is 2.21 bits per heavy atom. The van der Waals surface area contributed by atoms with Crippen molar-refractivity contribution in [3.63, 3.8) is 0 Å². The summed E-state index contributed by atoms with van der Waals surface area (Å²) in [7, 11) is 0. The highest BCUT2D eigenvalue weighted by Crippen LogP contribution is 2.37. The lowest BCUT2D eigenvalue weighted by atomic mass is 9.85. The summed E-state index contributed by atoms with van der Waals surface area (Å²) >= 11 is 2.06. The van der Waals surface area contributed by atoms with Gasteiger partial charge in [0.2, 0.25) is 0 Å². The molecule has 0 aromatic carbocycles. The topological polar surface area (TPSA) is 30.5 Å². The van der Waals surface area contributed by atoms with E-state index in [1.54, 1.807) is 0 Å². The first-order chi connectivity index (χ1) is 9.35. The Balaban J connectivity index is 1.62. The maximum absolute atomic E-state index is 6.10. The highest BCUT2D eigenvalue weighted by Gasteiger charge is 2.38. The summed E-state index contributed by atoms with van der Waals surface area (Å²) in [5.74, 6) is 2.52. The fourth-order valence-electron chi connectivity index (χ4n) is 2.90. The molecule has 3 nitrogen and oxygen atoms in total. The summed E-state index contributed by atoms with van der Waals surface area (Å²) in [6, 6.07) is 0.611. The standard InChI is InChI=1S/C15H27NO2S/c1-2-3-8-17-10-7-16-14-4-9-18-15(13-14)5-11-19-12-6-15/h2,14,16H,1,3-13H2. The van der Waals surface area contributed by atoms with Gasteiger partial charge >= 0.3 is 0 Å². The van der Waals surface area contributed by atoms with Gasteiger partial charge in [0.15, 0.2) is 0 Å². The Bertz CT molecular complexity index is 261. The van der Waals surface area contributed by atoms with Crippen LogP contribution in [0.25, 0.3) is 0 Å². The van der Waals surface area contributed by atoms with Crippen LogP contribution in [0.2, 0.25) is 0 Å². The first kappa shape index (κ1) is 15.4. The van der Waals surface area contributed by atoms with Crippen LogP contribution in [-0.2, 0) is 9.47 Å². The molecule has 1 unspecified atom stereocenters. The Hall–Kier alpha value is -0.0300. The molecular formula is C15H27NO2S. The number of hydrogen-bond acceptors (Lipinski definition) is 4. The van der Waals surface area contributed by atoms with E-state index in [1.165, 1.54) is 30.8 Å². The lowest BCUT2D eigenvalue weighted by Gasteiger charge is -2.43. The molecule has 19 heavy (non-hydrogen) atoms. The predicted molar refractivity (Wildman–Crippen MR) is 81.9 cm³/mol. The van der Waals surface area contributed by atoms with E-state index in [0.29, 0.717) is 6.04 Å². The summed E-state index contributed by atoms with van der Waals surface area (Å²) in [5, 5.41) is 3.63. The van der Waals surface area contributed by atoms with E-state index in [1.807, 2.05) is 6.08 Å². The largest absolute Gasteiger partial charge is 0.380 e. The van der Waals surface area contributed by atoms with Gasteiger partial charge in [-0.3, -0.25) is 0 Å². The van der Waals surface area contributed by atoms with Crippen LogP contribution in [0.3, 0.4) is 0 Å². The van der Waals surface area contributed by atoms with Crippen molar-refractivity contribution in [2.24, 2.45) is 0 Å². The molecule has 2 fully saturated rings. The van der Waals surface area contributed by atoms with Gasteiger partial charge in [-0.25, -0.2) is 0 Å². The van der Waals surface area contributed by atoms with Gasteiger partial charge in [-0.15, -0.1) is 6.58 Å². The molecule has 2 heterocycles. The zero-order chi connectivity index (χ0) is 13.4. The van der Waals surface area contributed by atoms with Crippen LogP contribution in [0.4, 0.5) is 0 Å². The van der Waals surface area contributed by atoms with Crippen molar-refractivity contribution >= 4 is 11.8 Å². The summed E-state index contributed by atoms with van der Waals surface area (Å²) in [5.41, 5.74) is 0.185. The second-order valence-corrected chi connectivity index (χ2v) is 6.70. The first-order valence-electron chi connectivity index (χ1n) is 7.48. The van der Waals surface area contributed by atoms with E-state index >= 15 is 0 Å². The normalized spacial score (nSPS) is 26.4. The molecule has 0 amide bonds. The van der Waals surface area contributed by atoms with E-state index in [-0.39, 0.29) is 5.60 Å². The maximum Gasteiger partial charge on any atom is 0.0713 e. The molecule has 1 atom stereocenters. The summed E-state index contributed by atoms with van der Waals surface area (Å²) < 4.78 is 11.6. The Morgan fingerprint density at radius 3 is 3.00 bits per heavy atom. The molecule has 0 saturated carbocycles. The molecular weight excluding hydrogens is 258 g/mol. The van der Waals surface area contributed by atoms with Gasteiger partial charge in [-0.05, 0) is 43.6 Å². The monoisotopic (exact) mass is 285 g/mol. The zero-order valence-corrected chi connectivity index (χ0v) is 12.7. The minimum Gasteiger partial charge on any atom is -0.380 e. The average Bonchev–Trinajstić information content (AvgIpc) is 2.44. The van der Waals surface area contributed by atoms with Crippen molar-refractivity contribution in [3.8, 4) is 0 Å². The number of thioether (sulfide) groups is 1. The van der Waals surface area contributed by atoms with Crippen LogP contribution in [0, 0.1) is 0 Å². The lowest BCUT2D eigenvalue weighted by Crippen LogP contribution is -2.49. The first-order valence-corrected chi connectivity index (χ1v) is 8.64. The Morgan fingerprint density at radius 1 is 1.37 bits per heavy atom. The Labute approximate surface area is 121 Å². The van der Waals surface area contributed by atoms with E-state index in [9.17, 15) is 0 Å². The van der Waals surface area contributed by atoms with Gasteiger partial charge in [-0.2, -0.15) is 11.8 Å². The van der Waals surface area contributed by atoms with Gasteiger partial charge in [0, 0.05) is 19.2 Å². The third-order valence-electron chi connectivity index (χ3n) is 4.04. The van der Waals surface area contributed by atoms with Gasteiger partial charge in [0.05, 0.1) is 18.8 Å². The average molecular weight is 285 g/mol. The minimum atomic E-state index is 0.185. The molecule has 2 aliphatic heterocycles. The van der Waals surface area contributed by atoms with Crippen LogP contribution in [0.5, 0.6) is 0 Å². The number of ether oxygens (including phenoxy) is 2. The molecule has 110 valence electrons. The van der Waals surface area contributed by atoms with E-state index in [4.69, 9.17) is 9.47 Å². The third-order valence-corrected chi connectivity index (χ3v) is 5.03. The maximum atomic E-state index is 6.10. The molecule has 4 heteroatoms. The van der Waals surface area contributed by atoms with Crippen LogP contribution < -0.4 is 5.32 Å². The highest BCUT2D eigenvalue weighted by atomic mass is 32.2. The van der Waals surface area contributed by atoms with Crippen molar-refractivity contribution < 1.29 is 9.47 Å². The van der Waals surface area contributed by atoms with Gasteiger partial charge in [-0.1, -0.05) is 6.08 Å². The van der Waals surface area contributed by atoms with Crippen molar-refractivity contribution in [2.45, 2.75) is 43.7 Å².